The maximum Gasteiger partial charge on any atom is 0.413 e. The lowest BCUT2D eigenvalue weighted by Gasteiger charge is -2.39. The first-order valence-electron chi connectivity index (χ1n) is 7.83. The fraction of sp³-hybridized carbons (Fsp3) is 0.333. The van der Waals surface area contributed by atoms with E-state index in [1.807, 2.05) is 0 Å². The number of rotatable bonds is 3. The summed E-state index contributed by atoms with van der Waals surface area (Å²) in [5.41, 5.74) is 12.0. The van der Waals surface area contributed by atoms with Crippen LogP contribution in [-0.2, 0) is 9.53 Å². The van der Waals surface area contributed by atoms with Crippen LogP contribution in [0.3, 0.4) is 0 Å². The predicted molar refractivity (Wildman–Crippen MR) is 93.4 cm³/mol. The van der Waals surface area contributed by atoms with E-state index in [9.17, 15) is 25.2 Å². The third kappa shape index (κ3) is 3.43. The van der Waals surface area contributed by atoms with Crippen LogP contribution in [0.5, 0.6) is 0 Å². The van der Waals surface area contributed by atoms with Crippen LogP contribution in [-0.4, -0.2) is 55.8 Å². The zero-order chi connectivity index (χ0) is 20.7. The van der Waals surface area contributed by atoms with Gasteiger partial charge in [0, 0.05) is 5.56 Å². The molecule has 2 heterocycles. The number of halogens is 2. The molecule has 1 aromatic carbocycles. The average molecular weight is 432 g/mol. The maximum atomic E-state index is 11.2. The number of anilines is 2. The molecule has 0 radical (unpaired) electrons. The molecule has 0 bridgehead atoms. The van der Waals surface area contributed by atoms with E-state index in [0.29, 0.717) is 0 Å². The molecule has 11 nitrogen and oxygen atoms in total. The summed E-state index contributed by atoms with van der Waals surface area (Å²) in [4.78, 5) is 15.1. The van der Waals surface area contributed by atoms with Gasteiger partial charge in [-0.1, -0.05) is 35.3 Å². The predicted octanol–water partition coefficient (Wildman–Crippen LogP) is -2.37. The van der Waals surface area contributed by atoms with E-state index < -0.39 is 36.6 Å². The van der Waals surface area contributed by atoms with Crippen LogP contribution in [0.1, 0.15) is 6.23 Å². The summed E-state index contributed by atoms with van der Waals surface area (Å²) in [5, 5.41) is 45.7. The molecule has 1 aliphatic heterocycles. The number of carboxylic acid groups (broad SMARTS) is 1. The number of aliphatic carboxylic acids is 1. The number of benzene rings is 1. The highest BCUT2D eigenvalue weighted by Crippen LogP contribution is 2.34. The molecule has 28 heavy (non-hydrogen) atoms. The number of hydrogen-bond acceptors (Lipinski definition) is 10. The Kier molecular flexibility index (Phi) is 5.57. The number of nitrogens with two attached hydrogens (primary N) is 2. The van der Waals surface area contributed by atoms with Gasteiger partial charge >= 0.3 is 5.95 Å². The minimum absolute atomic E-state index is 0.0168. The second-order valence-corrected chi connectivity index (χ2v) is 6.77. The zero-order valence-electron chi connectivity index (χ0n) is 13.9. The van der Waals surface area contributed by atoms with Crippen LogP contribution in [0.15, 0.2) is 18.2 Å². The lowest BCUT2D eigenvalue weighted by molar-refractivity contribution is -0.813. The quantitative estimate of drug-likeness (QED) is 0.328. The largest absolute Gasteiger partial charge is 0.547 e. The molecule has 0 spiro atoms. The number of aliphatic hydroxyl groups excluding tert-OH is 3. The van der Waals surface area contributed by atoms with Crippen LogP contribution < -0.4 is 21.3 Å². The Bertz CT molecular complexity index is 932. The Hall–Kier alpha value is -2.28. The Morgan fingerprint density at radius 1 is 1.18 bits per heavy atom. The van der Waals surface area contributed by atoms with Crippen molar-refractivity contribution in [1.82, 2.24) is 10.1 Å². The molecule has 2 aromatic rings. The minimum Gasteiger partial charge on any atom is -0.547 e. The fourth-order valence-electron chi connectivity index (χ4n) is 2.76. The van der Waals surface area contributed by atoms with Crippen LogP contribution in [0, 0.1) is 0 Å². The van der Waals surface area contributed by atoms with Crippen LogP contribution in [0.2, 0.25) is 10.0 Å². The van der Waals surface area contributed by atoms with Crippen molar-refractivity contribution in [3.05, 3.63) is 28.2 Å². The summed E-state index contributed by atoms with van der Waals surface area (Å²) in [6.07, 6.45) is -9.18. The number of carbonyl (C=O) groups excluding carboxylic acids is 1. The third-order valence-electron chi connectivity index (χ3n) is 4.19. The fourth-order valence-corrected chi connectivity index (χ4v) is 3.15. The van der Waals surface area contributed by atoms with Gasteiger partial charge < -0.3 is 35.7 Å². The first-order valence-corrected chi connectivity index (χ1v) is 8.58. The second-order valence-electron chi connectivity index (χ2n) is 5.99. The van der Waals surface area contributed by atoms with Crippen molar-refractivity contribution >= 4 is 40.9 Å². The lowest BCUT2D eigenvalue weighted by atomic mass is 9.98. The molecular formula is C15H15Cl2N5O6. The van der Waals surface area contributed by atoms with Crippen molar-refractivity contribution in [2.45, 2.75) is 30.6 Å². The molecule has 5 atom stereocenters. The Morgan fingerprint density at radius 2 is 1.86 bits per heavy atom. The van der Waals surface area contributed by atoms with E-state index in [1.54, 1.807) is 18.2 Å². The third-order valence-corrected chi connectivity index (χ3v) is 5.01. The molecule has 2 unspecified atom stereocenters. The average Bonchev–Trinajstić information content (AvgIpc) is 2.63. The van der Waals surface area contributed by atoms with Crippen molar-refractivity contribution in [3.8, 4) is 11.3 Å². The normalized spacial score (nSPS) is 27.5. The SMILES string of the molecule is Nc1nc(N)[n+]([C@H]2OC(C(=O)[O-])[C@H](O)C(O)[C@H]2O)nc1-c1cccc(Cl)c1Cl. The van der Waals surface area contributed by atoms with Crippen molar-refractivity contribution in [3.63, 3.8) is 0 Å². The Balaban J connectivity index is 2.12. The van der Waals surface area contributed by atoms with E-state index in [0.717, 1.165) is 4.68 Å². The van der Waals surface area contributed by atoms with Crippen molar-refractivity contribution < 1.29 is 34.6 Å². The van der Waals surface area contributed by atoms with Gasteiger partial charge in [0.25, 0.3) is 0 Å². The topological polar surface area (TPSA) is 192 Å². The van der Waals surface area contributed by atoms with Gasteiger partial charge in [0.05, 0.1) is 16.0 Å². The molecule has 0 saturated carbocycles. The van der Waals surface area contributed by atoms with Gasteiger partial charge in [0.15, 0.2) is 5.69 Å². The van der Waals surface area contributed by atoms with E-state index in [1.165, 1.54) is 0 Å². The van der Waals surface area contributed by atoms with Gasteiger partial charge in [-0.25, -0.2) is 0 Å². The monoisotopic (exact) mass is 431 g/mol. The van der Waals surface area contributed by atoms with Gasteiger partial charge in [-0.3, -0.25) is 5.73 Å². The highest BCUT2D eigenvalue weighted by Gasteiger charge is 2.48. The zero-order valence-corrected chi connectivity index (χ0v) is 15.4. The molecule has 7 N–H and O–H groups in total. The molecule has 3 rings (SSSR count). The van der Waals surface area contributed by atoms with E-state index in [-0.39, 0.29) is 33.1 Å². The Labute approximate surface area is 167 Å². The van der Waals surface area contributed by atoms with Crippen molar-refractivity contribution in [2.75, 3.05) is 11.5 Å². The number of carbonyl (C=O) groups is 1. The Morgan fingerprint density at radius 3 is 2.50 bits per heavy atom. The standard InChI is InChI=1S/C15H15Cl2N5O6/c16-5-3-1-2-4(6(5)17)7-12(18)20-15(19)22(21-7)13-10(25)8(23)9(24)11(28-13)14(26)27/h1-3,8-11,13,23-25H,(H4,18,19,20,26,27)/t8?,9-,10-,11?,13+/m1/s1. The smallest absolute Gasteiger partial charge is 0.413 e. The molecule has 1 aliphatic rings. The first-order chi connectivity index (χ1) is 13.1. The molecular weight excluding hydrogens is 417 g/mol. The lowest BCUT2D eigenvalue weighted by Crippen LogP contribution is -2.66. The summed E-state index contributed by atoms with van der Waals surface area (Å²) in [7, 11) is 0. The van der Waals surface area contributed by atoms with Crippen LogP contribution >= 0.6 is 23.2 Å². The first kappa shape index (κ1) is 20.5. The number of aromatic nitrogens is 3. The number of hydrogen-bond donors (Lipinski definition) is 5. The summed E-state index contributed by atoms with van der Waals surface area (Å²) >= 11 is 12.2. The molecule has 1 saturated heterocycles. The molecule has 0 amide bonds. The number of ether oxygens (including phenoxy) is 1. The number of nitrogens with zero attached hydrogens (tertiary/aromatic N) is 3. The number of aliphatic hydroxyl groups is 3. The number of carboxylic acids is 1. The molecule has 1 aromatic heterocycles. The van der Waals surface area contributed by atoms with Crippen molar-refractivity contribution in [2.24, 2.45) is 0 Å². The molecule has 0 aliphatic carbocycles. The summed E-state index contributed by atoms with van der Waals surface area (Å²) in [6.45, 7) is 0. The molecule has 150 valence electrons. The summed E-state index contributed by atoms with van der Waals surface area (Å²) in [6, 6.07) is 4.68. The molecule has 1 fully saturated rings. The van der Waals surface area contributed by atoms with Gasteiger partial charge in [0.2, 0.25) is 12.0 Å². The van der Waals surface area contributed by atoms with Crippen molar-refractivity contribution in [1.29, 1.82) is 0 Å². The summed E-state index contributed by atoms with van der Waals surface area (Å²) < 4.78 is 5.97. The maximum absolute atomic E-state index is 11.2. The van der Waals surface area contributed by atoms with Gasteiger partial charge in [-0.2, -0.15) is 0 Å². The van der Waals surface area contributed by atoms with Gasteiger partial charge in [0.1, 0.15) is 24.4 Å². The van der Waals surface area contributed by atoms with E-state index in [4.69, 9.17) is 39.4 Å². The van der Waals surface area contributed by atoms with E-state index >= 15 is 0 Å². The molecule has 13 heteroatoms. The highest BCUT2D eigenvalue weighted by molar-refractivity contribution is 6.43. The van der Waals surface area contributed by atoms with E-state index in [2.05, 4.69) is 10.1 Å². The second kappa shape index (κ2) is 7.62. The minimum atomic E-state index is -1.95. The number of nitrogen functional groups attached to an aromatic ring is 2. The highest BCUT2D eigenvalue weighted by atomic mass is 35.5. The van der Waals surface area contributed by atoms with Gasteiger partial charge in [-0.05, 0) is 11.1 Å². The van der Waals surface area contributed by atoms with Crippen LogP contribution in [0.4, 0.5) is 11.8 Å². The van der Waals surface area contributed by atoms with Crippen LogP contribution in [0.25, 0.3) is 11.3 Å². The van der Waals surface area contributed by atoms with Gasteiger partial charge in [-0.15, -0.1) is 9.78 Å². The summed E-state index contributed by atoms with van der Waals surface area (Å²) in [5.74, 6) is -2.28.